The van der Waals surface area contributed by atoms with Gasteiger partial charge in [-0.15, -0.1) is 0 Å². The molecule has 4 heteroatoms. The topological polar surface area (TPSA) is 49.4 Å². The van der Waals surface area contributed by atoms with E-state index >= 15 is 0 Å². The Hall–Kier alpha value is -2.88. The minimum absolute atomic E-state index is 0.0530. The average Bonchev–Trinajstić information content (AvgIpc) is 2.70. The third kappa shape index (κ3) is 4.27. The summed E-state index contributed by atoms with van der Waals surface area (Å²) in [6, 6.07) is 13.8. The van der Waals surface area contributed by atoms with Crippen molar-refractivity contribution in [3.8, 4) is 0 Å². The Labute approximate surface area is 160 Å². The van der Waals surface area contributed by atoms with Gasteiger partial charge in [0.05, 0.1) is 0 Å². The van der Waals surface area contributed by atoms with Gasteiger partial charge >= 0.3 is 0 Å². The Kier molecular flexibility index (Phi) is 5.75. The quantitative estimate of drug-likeness (QED) is 0.822. The molecule has 3 rings (SSSR count). The normalized spacial score (nSPS) is 13.2. The molecule has 0 unspecified atom stereocenters. The molecule has 2 aromatic carbocycles. The molecule has 1 N–H and O–H groups in total. The van der Waals surface area contributed by atoms with Crippen molar-refractivity contribution in [2.75, 3.05) is 6.54 Å². The molecule has 0 atom stereocenters. The summed E-state index contributed by atoms with van der Waals surface area (Å²) in [5.41, 5.74) is 5.68. The van der Waals surface area contributed by atoms with Crippen LogP contribution in [0.2, 0.25) is 0 Å². The van der Waals surface area contributed by atoms with Gasteiger partial charge in [0.15, 0.2) is 0 Å². The number of hydrogen-bond acceptors (Lipinski definition) is 2. The van der Waals surface area contributed by atoms with Crippen LogP contribution in [0.5, 0.6) is 0 Å². The lowest BCUT2D eigenvalue weighted by atomic mass is 9.89. The standard InChI is InChI=1S/C23H26N2O2/c1-4-22(26)24-14-17-8-10-18(11-9-17)23(27)25-13-12-21-19(15-25)6-5-7-20(21)16(2)3/h4-11,16H,1,12-15H2,2-3H3,(H,24,26). The van der Waals surface area contributed by atoms with E-state index in [9.17, 15) is 9.59 Å². The summed E-state index contributed by atoms with van der Waals surface area (Å²) in [7, 11) is 0. The molecular formula is C23H26N2O2. The third-order valence-electron chi connectivity index (χ3n) is 5.06. The Morgan fingerprint density at radius 3 is 2.59 bits per heavy atom. The van der Waals surface area contributed by atoms with E-state index < -0.39 is 0 Å². The molecule has 2 amide bonds. The van der Waals surface area contributed by atoms with E-state index in [1.54, 1.807) is 0 Å². The molecule has 27 heavy (non-hydrogen) atoms. The maximum Gasteiger partial charge on any atom is 0.254 e. The molecule has 2 aromatic rings. The number of carbonyl (C=O) groups is 2. The molecule has 140 valence electrons. The molecule has 0 saturated carbocycles. The van der Waals surface area contributed by atoms with Gasteiger partial charge in [0.25, 0.3) is 5.91 Å². The van der Waals surface area contributed by atoms with Gasteiger partial charge in [-0.05, 0) is 52.8 Å². The summed E-state index contributed by atoms with van der Waals surface area (Å²) < 4.78 is 0. The molecule has 0 aliphatic carbocycles. The molecule has 4 nitrogen and oxygen atoms in total. The Balaban J connectivity index is 1.69. The fraction of sp³-hybridized carbons (Fsp3) is 0.304. The minimum Gasteiger partial charge on any atom is -0.348 e. The summed E-state index contributed by atoms with van der Waals surface area (Å²) in [6.07, 6.45) is 2.15. The molecule has 0 fully saturated rings. The monoisotopic (exact) mass is 362 g/mol. The summed E-state index contributed by atoms with van der Waals surface area (Å²) in [5, 5.41) is 2.73. The lowest BCUT2D eigenvalue weighted by Crippen LogP contribution is -2.36. The van der Waals surface area contributed by atoms with Crippen molar-refractivity contribution < 1.29 is 9.59 Å². The summed E-state index contributed by atoms with van der Waals surface area (Å²) in [6.45, 7) is 9.69. The smallest absolute Gasteiger partial charge is 0.254 e. The van der Waals surface area contributed by atoms with Gasteiger partial charge in [-0.1, -0.05) is 50.8 Å². The van der Waals surface area contributed by atoms with E-state index in [4.69, 9.17) is 0 Å². The van der Waals surface area contributed by atoms with E-state index in [0.29, 0.717) is 24.6 Å². The van der Waals surface area contributed by atoms with Crippen molar-refractivity contribution in [1.82, 2.24) is 10.2 Å². The minimum atomic E-state index is -0.206. The fourth-order valence-corrected chi connectivity index (χ4v) is 3.56. The van der Waals surface area contributed by atoms with Gasteiger partial charge in [0.2, 0.25) is 5.91 Å². The van der Waals surface area contributed by atoms with E-state index in [1.807, 2.05) is 29.2 Å². The summed E-state index contributed by atoms with van der Waals surface area (Å²) >= 11 is 0. The van der Waals surface area contributed by atoms with Gasteiger partial charge in [-0.25, -0.2) is 0 Å². The van der Waals surface area contributed by atoms with Crippen LogP contribution in [-0.4, -0.2) is 23.3 Å². The van der Waals surface area contributed by atoms with Crippen LogP contribution in [-0.2, 0) is 24.3 Å². The van der Waals surface area contributed by atoms with Crippen LogP contribution in [0.4, 0.5) is 0 Å². The first-order valence-corrected chi connectivity index (χ1v) is 9.38. The molecule has 0 radical (unpaired) electrons. The molecule has 0 aromatic heterocycles. The zero-order valence-electron chi connectivity index (χ0n) is 16.0. The highest BCUT2D eigenvalue weighted by Crippen LogP contribution is 2.28. The van der Waals surface area contributed by atoms with Crippen LogP contribution >= 0.6 is 0 Å². The second kappa shape index (κ2) is 8.21. The second-order valence-corrected chi connectivity index (χ2v) is 7.24. The predicted octanol–water partition coefficient (Wildman–Crippen LogP) is 3.81. The first kappa shape index (κ1) is 18.9. The highest BCUT2D eigenvalue weighted by Gasteiger charge is 2.23. The number of fused-ring (bicyclic) bond motifs is 1. The number of carbonyl (C=O) groups excluding carboxylic acids is 2. The summed E-state index contributed by atoms with van der Waals surface area (Å²) in [5.74, 6) is 0.344. The van der Waals surface area contributed by atoms with Crippen molar-refractivity contribution >= 4 is 11.8 Å². The largest absolute Gasteiger partial charge is 0.348 e. The Bertz CT molecular complexity index is 853. The van der Waals surface area contributed by atoms with E-state index in [2.05, 4.69) is 43.9 Å². The lowest BCUT2D eigenvalue weighted by Gasteiger charge is -2.31. The van der Waals surface area contributed by atoms with Crippen molar-refractivity contribution in [2.24, 2.45) is 0 Å². The first-order valence-electron chi connectivity index (χ1n) is 9.38. The Morgan fingerprint density at radius 1 is 1.19 bits per heavy atom. The van der Waals surface area contributed by atoms with Crippen LogP contribution in [0.3, 0.4) is 0 Å². The number of hydrogen-bond donors (Lipinski definition) is 1. The average molecular weight is 362 g/mol. The van der Waals surface area contributed by atoms with Crippen LogP contribution < -0.4 is 5.32 Å². The van der Waals surface area contributed by atoms with Gasteiger partial charge in [-0.2, -0.15) is 0 Å². The lowest BCUT2D eigenvalue weighted by molar-refractivity contribution is -0.116. The fourth-order valence-electron chi connectivity index (χ4n) is 3.56. The number of amides is 2. The third-order valence-corrected chi connectivity index (χ3v) is 5.06. The molecule has 0 bridgehead atoms. The highest BCUT2D eigenvalue weighted by molar-refractivity contribution is 5.94. The summed E-state index contributed by atoms with van der Waals surface area (Å²) in [4.78, 5) is 26.1. The zero-order chi connectivity index (χ0) is 19.4. The van der Waals surface area contributed by atoms with Crippen molar-refractivity contribution in [3.05, 3.63) is 82.9 Å². The number of benzene rings is 2. The van der Waals surface area contributed by atoms with Crippen LogP contribution in [0.1, 0.15) is 52.4 Å². The molecule has 1 heterocycles. The molecule has 0 saturated heterocycles. The maximum absolute atomic E-state index is 12.9. The van der Waals surface area contributed by atoms with Crippen LogP contribution in [0, 0.1) is 0 Å². The van der Waals surface area contributed by atoms with E-state index in [1.165, 1.54) is 22.8 Å². The first-order chi connectivity index (χ1) is 13.0. The molecule has 1 aliphatic rings. The van der Waals surface area contributed by atoms with Crippen LogP contribution in [0.15, 0.2) is 55.1 Å². The molecule has 0 spiro atoms. The molecule has 1 aliphatic heterocycles. The van der Waals surface area contributed by atoms with Crippen molar-refractivity contribution in [2.45, 2.75) is 39.3 Å². The zero-order valence-corrected chi connectivity index (χ0v) is 16.0. The SMILES string of the molecule is C=CC(=O)NCc1ccc(C(=O)N2CCc3c(cccc3C(C)C)C2)cc1. The predicted molar refractivity (Wildman–Crippen MR) is 107 cm³/mol. The van der Waals surface area contributed by atoms with E-state index in [-0.39, 0.29) is 11.8 Å². The number of nitrogens with zero attached hydrogens (tertiary/aromatic N) is 1. The number of rotatable bonds is 5. The second-order valence-electron chi connectivity index (χ2n) is 7.24. The van der Waals surface area contributed by atoms with Crippen LogP contribution in [0.25, 0.3) is 0 Å². The van der Waals surface area contributed by atoms with Crippen molar-refractivity contribution in [1.29, 1.82) is 0 Å². The van der Waals surface area contributed by atoms with E-state index in [0.717, 1.165) is 18.5 Å². The van der Waals surface area contributed by atoms with Crippen molar-refractivity contribution in [3.63, 3.8) is 0 Å². The van der Waals surface area contributed by atoms with Gasteiger partial charge in [0, 0.05) is 25.2 Å². The number of nitrogens with one attached hydrogen (secondary N) is 1. The highest BCUT2D eigenvalue weighted by atomic mass is 16.2. The Morgan fingerprint density at radius 2 is 1.93 bits per heavy atom. The molecular weight excluding hydrogens is 336 g/mol. The van der Waals surface area contributed by atoms with Gasteiger partial charge < -0.3 is 10.2 Å². The van der Waals surface area contributed by atoms with Gasteiger partial charge in [0.1, 0.15) is 0 Å². The maximum atomic E-state index is 12.9. The van der Waals surface area contributed by atoms with Gasteiger partial charge in [-0.3, -0.25) is 9.59 Å².